The summed E-state index contributed by atoms with van der Waals surface area (Å²) in [7, 11) is 0. The first-order valence-electron chi connectivity index (χ1n) is 4.68. The van der Waals surface area contributed by atoms with Crippen molar-refractivity contribution in [2.75, 3.05) is 5.32 Å². The second-order valence-electron chi connectivity index (χ2n) is 3.32. The van der Waals surface area contributed by atoms with E-state index >= 15 is 0 Å². The van der Waals surface area contributed by atoms with Gasteiger partial charge in [0.2, 0.25) is 0 Å². The summed E-state index contributed by atoms with van der Waals surface area (Å²) in [6.07, 6.45) is 2.95. The van der Waals surface area contributed by atoms with Gasteiger partial charge in [-0.05, 0) is 13.8 Å². The largest absolute Gasteiger partial charge is 0.360 e. The molecule has 2 heterocycles. The summed E-state index contributed by atoms with van der Waals surface area (Å²) in [6.45, 7) is 3.55. The standard InChI is InChI=1S/C10H10N4O2/c1-6-4-12-8(5-11-6)10(15)13-9-3-7(2)16-14-9/h3-5H,1-2H3,(H,13,14,15). The van der Waals surface area contributed by atoms with E-state index in [1.165, 1.54) is 12.4 Å². The number of amides is 1. The summed E-state index contributed by atoms with van der Waals surface area (Å²) in [5.41, 5.74) is 1.00. The van der Waals surface area contributed by atoms with Crippen LogP contribution < -0.4 is 5.32 Å². The smallest absolute Gasteiger partial charge is 0.277 e. The predicted octanol–water partition coefficient (Wildman–Crippen LogP) is 1.33. The fourth-order valence-corrected chi connectivity index (χ4v) is 1.12. The van der Waals surface area contributed by atoms with Gasteiger partial charge < -0.3 is 9.84 Å². The first-order chi connectivity index (χ1) is 7.65. The molecule has 82 valence electrons. The van der Waals surface area contributed by atoms with Crippen molar-refractivity contribution >= 4 is 11.7 Å². The van der Waals surface area contributed by atoms with Crippen LogP contribution in [-0.4, -0.2) is 21.0 Å². The van der Waals surface area contributed by atoms with Crippen molar-refractivity contribution in [2.45, 2.75) is 13.8 Å². The van der Waals surface area contributed by atoms with Gasteiger partial charge >= 0.3 is 0 Å². The molecule has 0 saturated carbocycles. The minimum Gasteiger partial charge on any atom is -0.360 e. The molecule has 6 nitrogen and oxygen atoms in total. The van der Waals surface area contributed by atoms with Crippen molar-refractivity contribution in [3.63, 3.8) is 0 Å². The molecule has 2 aromatic heterocycles. The minimum atomic E-state index is -0.360. The Hall–Kier alpha value is -2.24. The molecule has 6 heteroatoms. The van der Waals surface area contributed by atoms with Gasteiger partial charge in [-0.1, -0.05) is 5.16 Å². The highest BCUT2D eigenvalue weighted by Gasteiger charge is 2.10. The Balaban J connectivity index is 2.11. The zero-order valence-corrected chi connectivity index (χ0v) is 8.89. The summed E-state index contributed by atoms with van der Waals surface area (Å²) in [5, 5.41) is 6.20. The van der Waals surface area contributed by atoms with Gasteiger partial charge in [0.15, 0.2) is 5.82 Å². The minimum absolute atomic E-state index is 0.242. The van der Waals surface area contributed by atoms with Crippen LogP contribution >= 0.6 is 0 Å². The van der Waals surface area contributed by atoms with Gasteiger partial charge in [-0.2, -0.15) is 0 Å². The summed E-state index contributed by atoms with van der Waals surface area (Å²) in [6, 6.07) is 1.62. The molecule has 0 aliphatic heterocycles. The average Bonchev–Trinajstić information content (AvgIpc) is 2.65. The zero-order valence-electron chi connectivity index (χ0n) is 8.89. The van der Waals surface area contributed by atoms with Crippen LogP contribution in [0, 0.1) is 13.8 Å². The van der Waals surface area contributed by atoms with Gasteiger partial charge in [-0.3, -0.25) is 9.78 Å². The third-order valence-corrected chi connectivity index (χ3v) is 1.88. The number of anilines is 1. The van der Waals surface area contributed by atoms with Gasteiger partial charge in [0.05, 0.1) is 11.9 Å². The van der Waals surface area contributed by atoms with Crippen molar-refractivity contribution in [3.8, 4) is 0 Å². The van der Waals surface area contributed by atoms with Crippen LogP contribution in [0.15, 0.2) is 23.0 Å². The maximum atomic E-state index is 11.6. The van der Waals surface area contributed by atoms with E-state index in [4.69, 9.17) is 4.52 Å². The molecule has 1 amide bonds. The Morgan fingerprint density at radius 2 is 2.12 bits per heavy atom. The first kappa shape index (κ1) is 10.3. The highest BCUT2D eigenvalue weighted by molar-refractivity contribution is 6.02. The third kappa shape index (κ3) is 2.22. The molecule has 2 rings (SSSR count). The molecule has 0 unspecified atom stereocenters. The number of nitrogens with zero attached hydrogens (tertiary/aromatic N) is 3. The van der Waals surface area contributed by atoms with Crippen LogP contribution in [0.4, 0.5) is 5.82 Å². The van der Waals surface area contributed by atoms with E-state index in [1.54, 1.807) is 19.9 Å². The molecule has 0 aliphatic rings. The normalized spacial score (nSPS) is 10.1. The monoisotopic (exact) mass is 218 g/mol. The van der Waals surface area contributed by atoms with Gasteiger partial charge in [0, 0.05) is 12.3 Å². The second-order valence-corrected chi connectivity index (χ2v) is 3.32. The van der Waals surface area contributed by atoms with E-state index in [0.717, 1.165) is 5.69 Å². The van der Waals surface area contributed by atoms with Crippen molar-refractivity contribution in [1.29, 1.82) is 0 Å². The van der Waals surface area contributed by atoms with Crippen molar-refractivity contribution in [1.82, 2.24) is 15.1 Å². The number of rotatable bonds is 2. The molecule has 0 atom stereocenters. The third-order valence-electron chi connectivity index (χ3n) is 1.88. The van der Waals surface area contributed by atoms with Crippen LogP contribution in [-0.2, 0) is 0 Å². The second kappa shape index (κ2) is 4.09. The topological polar surface area (TPSA) is 80.9 Å². The van der Waals surface area contributed by atoms with Crippen LogP contribution in [0.25, 0.3) is 0 Å². The lowest BCUT2D eigenvalue weighted by Gasteiger charge is -1.99. The van der Waals surface area contributed by atoms with E-state index in [-0.39, 0.29) is 11.6 Å². The van der Waals surface area contributed by atoms with E-state index in [1.807, 2.05) is 0 Å². The number of aromatic nitrogens is 3. The number of aryl methyl sites for hydroxylation is 2. The number of carbonyl (C=O) groups is 1. The molecule has 0 spiro atoms. The molecular weight excluding hydrogens is 208 g/mol. The van der Waals surface area contributed by atoms with Crippen LogP contribution in [0.2, 0.25) is 0 Å². The molecule has 2 aromatic rings. The molecule has 0 aromatic carbocycles. The maximum absolute atomic E-state index is 11.6. The van der Waals surface area contributed by atoms with Gasteiger partial charge in [0.25, 0.3) is 5.91 Å². The fourth-order valence-electron chi connectivity index (χ4n) is 1.12. The molecule has 16 heavy (non-hydrogen) atoms. The Labute approximate surface area is 91.7 Å². The highest BCUT2D eigenvalue weighted by Crippen LogP contribution is 2.08. The molecule has 0 bridgehead atoms. The highest BCUT2D eigenvalue weighted by atomic mass is 16.5. The summed E-state index contributed by atoms with van der Waals surface area (Å²) in [4.78, 5) is 19.6. The lowest BCUT2D eigenvalue weighted by Crippen LogP contribution is -2.14. The average molecular weight is 218 g/mol. The SMILES string of the molecule is Cc1cnc(C(=O)Nc2cc(C)on2)cn1. The lowest BCUT2D eigenvalue weighted by atomic mass is 10.4. The number of hydrogen-bond donors (Lipinski definition) is 1. The van der Waals surface area contributed by atoms with Gasteiger partial charge in [-0.25, -0.2) is 4.98 Å². The van der Waals surface area contributed by atoms with Crippen LogP contribution in [0.1, 0.15) is 21.9 Å². The van der Waals surface area contributed by atoms with E-state index in [0.29, 0.717) is 11.6 Å². The molecule has 1 N–H and O–H groups in total. The quantitative estimate of drug-likeness (QED) is 0.822. The number of nitrogens with one attached hydrogen (secondary N) is 1. The maximum Gasteiger partial charge on any atom is 0.277 e. The van der Waals surface area contributed by atoms with Crippen LogP contribution in [0.5, 0.6) is 0 Å². The van der Waals surface area contributed by atoms with Crippen molar-refractivity contribution in [3.05, 3.63) is 35.6 Å². The Morgan fingerprint density at radius 1 is 1.31 bits per heavy atom. The van der Waals surface area contributed by atoms with Gasteiger partial charge in [0.1, 0.15) is 11.5 Å². The summed E-state index contributed by atoms with van der Waals surface area (Å²) >= 11 is 0. The summed E-state index contributed by atoms with van der Waals surface area (Å²) in [5.74, 6) is 0.635. The number of hydrogen-bond acceptors (Lipinski definition) is 5. The molecular formula is C10H10N4O2. The Bertz CT molecular complexity index is 504. The van der Waals surface area contributed by atoms with Crippen LogP contribution in [0.3, 0.4) is 0 Å². The molecule has 0 radical (unpaired) electrons. The lowest BCUT2D eigenvalue weighted by molar-refractivity contribution is 0.102. The predicted molar refractivity (Wildman–Crippen MR) is 56.0 cm³/mol. The molecule has 0 aliphatic carbocycles. The molecule has 0 fully saturated rings. The number of carbonyl (C=O) groups excluding carboxylic acids is 1. The van der Waals surface area contributed by atoms with E-state index < -0.39 is 0 Å². The Kier molecular flexibility index (Phi) is 2.63. The van der Waals surface area contributed by atoms with E-state index in [9.17, 15) is 4.79 Å². The van der Waals surface area contributed by atoms with Gasteiger partial charge in [-0.15, -0.1) is 0 Å². The Morgan fingerprint density at radius 3 is 2.69 bits per heavy atom. The summed E-state index contributed by atoms with van der Waals surface area (Å²) < 4.78 is 4.82. The zero-order chi connectivity index (χ0) is 11.5. The first-order valence-corrected chi connectivity index (χ1v) is 4.68. The molecule has 0 saturated heterocycles. The fraction of sp³-hybridized carbons (Fsp3) is 0.200. The van der Waals surface area contributed by atoms with Crippen molar-refractivity contribution < 1.29 is 9.32 Å². The van der Waals surface area contributed by atoms with Crippen molar-refractivity contribution in [2.24, 2.45) is 0 Å². The van der Waals surface area contributed by atoms with E-state index in [2.05, 4.69) is 20.4 Å².